The number of carboxylic acids is 1. The number of hydrogen-bond donors (Lipinski definition) is 2. The Balaban J connectivity index is 2.26. The van der Waals surface area contributed by atoms with E-state index < -0.39 is 11.4 Å². The van der Waals surface area contributed by atoms with Gasteiger partial charge in [-0.2, -0.15) is 5.26 Å². The van der Waals surface area contributed by atoms with Crippen LogP contribution in [0.2, 0.25) is 0 Å². The van der Waals surface area contributed by atoms with Crippen LogP contribution in [0, 0.1) is 16.7 Å². The van der Waals surface area contributed by atoms with Crippen LogP contribution in [-0.2, 0) is 9.59 Å². The fraction of sp³-hybridized carbons (Fsp3) is 0.700. The molecule has 5 nitrogen and oxygen atoms in total. The van der Waals surface area contributed by atoms with Gasteiger partial charge in [0, 0.05) is 6.54 Å². The first-order valence-electron chi connectivity index (χ1n) is 5.05. The number of nitrogens with one attached hydrogen (secondary N) is 1. The molecule has 0 atom stereocenters. The molecule has 0 aliphatic heterocycles. The standard InChI is InChI=1S/C10H14N2O3S/c11-4-5-16-6-8(13)12-7-10(9(14)15)2-1-3-10/h1-3,5-7H2,(H,12,13)(H,14,15). The Morgan fingerprint density at radius 3 is 2.62 bits per heavy atom. The summed E-state index contributed by atoms with van der Waals surface area (Å²) in [5.74, 6) is -0.544. The van der Waals surface area contributed by atoms with Crippen LogP contribution in [-0.4, -0.2) is 35.0 Å². The largest absolute Gasteiger partial charge is 0.481 e. The second kappa shape index (κ2) is 5.75. The van der Waals surface area contributed by atoms with Crippen molar-refractivity contribution in [3.63, 3.8) is 0 Å². The molecule has 1 rings (SSSR count). The van der Waals surface area contributed by atoms with E-state index in [4.69, 9.17) is 10.4 Å². The first-order valence-corrected chi connectivity index (χ1v) is 6.21. The average molecular weight is 242 g/mol. The molecule has 0 spiro atoms. The molecular weight excluding hydrogens is 228 g/mol. The lowest BCUT2D eigenvalue weighted by Crippen LogP contribution is -2.47. The van der Waals surface area contributed by atoms with Gasteiger partial charge < -0.3 is 10.4 Å². The number of aliphatic carboxylic acids is 1. The maximum atomic E-state index is 11.3. The normalized spacial score (nSPS) is 16.9. The number of carboxylic acid groups (broad SMARTS) is 1. The number of carbonyl (C=O) groups excluding carboxylic acids is 1. The van der Waals surface area contributed by atoms with Gasteiger partial charge in [-0.25, -0.2) is 0 Å². The summed E-state index contributed by atoms with van der Waals surface area (Å²) in [4.78, 5) is 22.3. The fourth-order valence-corrected chi connectivity index (χ4v) is 2.06. The topological polar surface area (TPSA) is 90.2 Å². The van der Waals surface area contributed by atoms with Gasteiger partial charge in [-0.15, -0.1) is 11.8 Å². The summed E-state index contributed by atoms with van der Waals surface area (Å²) >= 11 is 1.23. The van der Waals surface area contributed by atoms with E-state index in [1.54, 1.807) is 0 Å². The number of rotatable bonds is 6. The second-order valence-electron chi connectivity index (χ2n) is 3.87. The maximum absolute atomic E-state index is 11.3. The predicted molar refractivity (Wildman–Crippen MR) is 59.9 cm³/mol. The Hall–Kier alpha value is -1.22. The third-order valence-electron chi connectivity index (χ3n) is 2.79. The van der Waals surface area contributed by atoms with E-state index in [-0.39, 0.29) is 24.0 Å². The van der Waals surface area contributed by atoms with Crippen molar-refractivity contribution in [2.45, 2.75) is 19.3 Å². The van der Waals surface area contributed by atoms with Crippen molar-refractivity contribution in [2.24, 2.45) is 5.41 Å². The summed E-state index contributed by atoms with van der Waals surface area (Å²) in [6.45, 7) is 0.203. The number of hydrogen-bond acceptors (Lipinski definition) is 4. The lowest BCUT2D eigenvalue weighted by Gasteiger charge is -2.37. The minimum Gasteiger partial charge on any atom is -0.481 e. The van der Waals surface area contributed by atoms with Gasteiger partial charge in [-0.05, 0) is 12.8 Å². The van der Waals surface area contributed by atoms with Crippen molar-refractivity contribution in [3.8, 4) is 6.07 Å². The van der Waals surface area contributed by atoms with Crippen molar-refractivity contribution in [1.82, 2.24) is 5.32 Å². The van der Waals surface area contributed by atoms with Crippen LogP contribution < -0.4 is 5.32 Å². The van der Waals surface area contributed by atoms with Gasteiger partial charge in [0.1, 0.15) is 0 Å². The molecule has 0 heterocycles. The van der Waals surface area contributed by atoms with Gasteiger partial charge in [0.2, 0.25) is 5.91 Å². The summed E-state index contributed by atoms with van der Waals surface area (Å²) < 4.78 is 0. The monoisotopic (exact) mass is 242 g/mol. The van der Waals surface area contributed by atoms with Gasteiger partial charge in [-0.1, -0.05) is 6.42 Å². The molecule has 0 aromatic rings. The maximum Gasteiger partial charge on any atom is 0.311 e. The minimum absolute atomic E-state index is 0.201. The lowest BCUT2D eigenvalue weighted by molar-refractivity contribution is -0.154. The summed E-state index contributed by atoms with van der Waals surface area (Å²) in [5.41, 5.74) is -0.741. The van der Waals surface area contributed by atoms with E-state index in [1.807, 2.05) is 6.07 Å². The van der Waals surface area contributed by atoms with E-state index in [1.165, 1.54) is 11.8 Å². The Labute approximate surface area is 98.2 Å². The highest BCUT2D eigenvalue weighted by Crippen LogP contribution is 2.40. The number of nitrogens with zero attached hydrogens (tertiary/aromatic N) is 1. The SMILES string of the molecule is N#CCSCC(=O)NCC1(C(=O)O)CCC1. The molecule has 1 saturated carbocycles. The van der Waals surface area contributed by atoms with Crippen LogP contribution in [0.15, 0.2) is 0 Å². The Morgan fingerprint density at radius 1 is 1.50 bits per heavy atom. The predicted octanol–water partition coefficient (Wildman–Crippen LogP) is 0.614. The fourth-order valence-electron chi connectivity index (χ4n) is 1.58. The molecule has 88 valence electrons. The molecule has 6 heteroatoms. The average Bonchev–Trinajstić information content (AvgIpc) is 2.16. The number of amides is 1. The molecule has 1 fully saturated rings. The molecule has 16 heavy (non-hydrogen) atoms. The van der Waals surface area contributed by atoms with Gasteiger partial charge >= 0.3 is 5.97 Å². The van der Waals surface area contributed by atoms with Crippen LogP contribution in [0.4, 0.5) is 0 Å². The van der Waals surface area contributed by atoms with Crippen molar-refractivity contribution in [2.75, 3.05) is 18.1 Å². The highest BCUT2D eigenvalue weighted by Gasteiger charge is 2.44. The van der Waals surface area contributed by atoms with Gasteiger partial charge in [0.15, 0.2) is 0 Å². The van der Waals surface area contributed by atoms with E-state index in [0.717, 1.165) is 6.42 Å². The molecule has 1 aliphatic rings. The highest BCUT2D eigenvalue weighted by atomic mass is 32.2. The zero-order valence-corrected chi connectivity index (χ0v) is 9.68. The van der Waals surface area contributed by atoms with E-state index in [9.17, 15) is 9.59 Å². The third kappa shape index (κ3) is 3.14. The summed E-state index contributed by atoms with van der Waals surface area (Å²) in [7, 11) is 0. The molecule has 1 aliphatic carbocycles. The second-order valence-corrected chi connectivity index (χ2v) is 4.85. The van der Waals surface area contributed by atoms with Crippen molar-refractivity contribution in [3.05, 3.63) is 0 Å². The first kappa shape index (κ1) is 12.8. The van der Waals surface area contributed by atoms with Crippen molar-refractivity contribution < 1.29 is 14.7 Å². The van der Waals surface area contributed by atoms with Crippen LogP contribution in [0.3, 0.4) is 0 Å². The van der Waals surface area contributed by atoms with E-state index in [0.29, 0.717) is 12.8 Å². The molecule has 2 N–H and O–H groups in total. The summed E-state index contributed by atoms with van der Waals surface area (Å²) in [6.07, 6.45) is 2.17. The molecule has 0 unspecified atom stereocenters. The van der Waals surface area contributed by atoms with E-state index >= 15 is 0 Å². The first-order chi connectivity index (χ1) is 7.60. The highest BCUT2D eigenvalue weighted by molar-refractivity contribution is 8.00. The Bertz CT molecular complexity index is 321. The summed E-state index contributed by atoms with van der Waals surface area (Å²) in [6, 6.07) is 1.92. The molecule has 0 aromatic heterocycles. The minimum atomic E-state index is -0.830. The van der Waals surface area contributed by atoms with Crippen LogP contribution in [0.5, 0.6) is 0 Å². The lowest BCUT2D eigenvalue weighted by atomic mass is 9.69. The Morgan fingerprint density at radius 2 is 2.19 bits per heavy atom. The zero-order valence-electron chi connectivity index (χ0n) is 8.86. The third-order valence-corrected chi connectivity index (χ3v) is 3.59. The quantitative estimate of drug-likeness (QED) is 0.666. The number of thioether (sulfide) groups is 1. The van der Waals surface area contributed by atoms with Gasteiger partial charge in [-0.3, -0.25) is 9.59 Å². The van der Waals surface area contributed by atoms with Crippen LogP contribution in [0.1, 0.15) is 19.3 Å². The number of carbonyl (C=O) groups is 2. The Kier molecular flexibility index (Phi) is 4.62. The van der Waals surface area contributed by atoms with Crippen molar-refractivity contribution in [1.29, 1.82) is 5.26 Å². The van der Waals surface area contributed by atoms with Crippen LogP contribution in [0.25, 0.3) is 0 Å². The molecule has 0 aromatic carbocycles. The van der Waals surface area contributed by atoms with E-state index in [2.05, 4.69) is 5.32 Å². The molecular formula is C10H14N2O3S. The van der Waals surface area contributed by atoms with Crippen molar-refractivity contribution >= 4 is 23.6 Å². The van der Waals surface area contributed by atoms with Crippen LogP contribution >= 0.6 is 11.8 Å². The van der Waals surface area contributed by atoms with Gasteiger partial charge in [0.25, 0.3) is 0 Å². The molecule has 0 saturated heterocycles. The molecule has 0 bridgehead atoms. The molecule has 0 radical (unpaired) electrons. The zero-order chi connectivity index (χ0) is 12.0. The van der Waals surface area contributed by atoms with Gasteiger partial charge in [0.05, 0.1) is 23.0 Å². The number of nitriles is 1. The smallest absolute Gasteiger partial charge is 0.311 e. The summed E-state index contributed by atoms with van der Waals surface area (Å²) in [5, 5.41) is 19.9. The molecule has 1 amide bonds.